The lowest BCUT2D eigenvalue weighted by atomic mass is 10.1. The Morgan fingerprint density at radius 2 is 2.04 bits per heavy atom. The van der Waals surface area contributed by atoms with Crippen molar-refractivity contribution >= 4 is 11.6 Å². The molecule has 6 nitrogen and oxygen atoms in total. The fourth-order valence-corrected chi connectivity index (χ4v) is 2.77. The van der Waals surface area contributed by atoms with E-state index in [1.54, 1.807) is 49.7 Å². The molecule has 0 aliphatic carbocycles. The summed E-state index contributed by atoms with van der Waals surface area (Å²) in [5.74, 6) is 1.03. The van der Waals surface area contributed by atoms with E-state index in [2.05, 4.69) is 22.2 Å². The third-order valence-electron chi connectivity index (χ3n) is 4.28. The van der Waals surface area contributed by atoms with E-state index in [1.807, 2.05) is 0 Å². The number of nitrogens with one attached hydrogen (secondary N) is 1. The smallest absolute Gasteiger partial charge is 0.255 e. The van der Waals surface area contributed by atoms with Crippen LogP contribution < -0.4 is 14.8 Å². The fourth-order valence-electron chi connectivity index (χ4n) is 2.77. The van der Waals surface area contributed by atoms with Crippen LogP contribution in [0.2, 0.25) is 0 Å². The Morgan fingerprint density at radius 3 is 2.72 bits per heavy atom. The number of benzene rings is 1. The molecule has 1 fully saturated rings. The SMILES string of the molecule is COc1cccc(C(=O)Nc2ccc(OC3CCN(C)CC3)nc2)c1. The summed E-state index contributed by atoms with van der Waals surface area (Å²) in [6.07, 6.45) is 3.84. The molecule has 0 saturated carbocycles. The molecule has 0 atom stereocenters. The molecule has 1 aromatic heterocycles. The Kier molecular flexibility index (Phi) is 5.50. The first kappa shape index (κ1) is 17.2. The van der Waals surface area contributed by atoms with E-state index in [1.165, 1.54) is 0 Å². The van der Waals surface area contributed by atoms with Gasteiger partial charge in [-0.05, 0) is 44.2 Å². The highest BCUT2D eigenvalue weighted by atomic mass is 16.5. The van der Waals surface area contributed by atoms with Gasteiger partial charge in [-0.15, -0.1) is 0 Å². The van der Waals surface area contributed by atoms with E-state index >= 15 is 0 Å². The van der Waals surface area contributed by atoms with Crippen LogP contribution in [0.3, 0.4) is 0 Å². The second-order valence-electron chi connectivity index (χ2n) is 6.19. The van der Waals surface area contributed by atoms with Gasteiger partial charge in [-0.3, -0.25) is 4.79 Å². The summed E-state index contributed by atoms with van der Waals surface area (Å²) in [6, 6.07) is 10.6. The van der Waals surface area contributed by atoms with Gasteiger partial charge in [-0.1, -0.05) is 6.07 Å². The number of ether oxygens (including phenoxy) is 2. The summed E-state index contributed by atoms with van der Waals surface area (Å²) in [4.78, 5) is 18.9. The molecule has 6 heteroatoms. The number of aromatic nitrogens is 1. The number of piperidine rings is 1. The summed E-state index contributed by atoms with van der Waals surface area (Å²) >= 11 is 0. The maximum Gasteiger partial charge on any atom is 0.255 e. The molecule has 1 saturated heterocycles. The van der Waals surface area contributed by atoms with Gasteiger partial charge >= 0.3 is 0 Å². The highest BCUT2D eigenvalue weighted by Crippen LogP contribution is 2.19. The van der Waals surface area contributed by atoms with Gasteiger partial charge in [0.15, 0.2) is 0 Å². The van der Waals surface area contributed by atoms with E-state index in [4.69, 9.17) is 9.47 Å². The first-order valence-corrected chi connectivity index (χ1v) is 8.41. The number of carbonyl (C=O) groups excluding carboxylic acids is 1. The van der Waals surface area contributed by atoms with Crippen molar-refractivity contribution in [1.82, 2.24) is 9.88 Å². The van der Waals surface area contributed by atoms with Crippen LogP contribution in [0, 0.1) is 0 Å². The zero-order valence-electron chi connectivity index (χ0n) is 14.6. The zero-order chi connectivity index (χ0) is 17.6. The third kappa shape index (κ3) is 4.70. The lowest BCUT2D eigenvalue weighted by molar-refractivity contribution is 0.102. The Balaban J connectivity index is 1.57. The molecule has 1 amide bonds. The van der Waals surface area contributed by atoms with Gasteiger partial charge in [0, 0.05) is 24.7 Å². The number of likely N-dealkylation sites (tertiary alicyclic amines) is 1. The number of hydrogen-bond acceptors (Lipinski definition) is 5. The molecule has 132 valence electrons. The highest BCUT2D eigenvalue weighted by molar-refractivity contribution is 6.04. The summed E-state index contributed by atoms with van der Waals surface area (Å²) < 4.78 is 11.0. The predicted octanol–water partition coefficient (Wildman–Crippen LogP) is 2.82. The summed E-state index contributed by atoms with van der Waals surface area (Å²) in [7, 11) is 3.69. The topological polar surface area (TPSA) is 63.7 Å². The largest absolute Gasteiger partial charge is 0.497 e. The number of hydrogen-bond donors (Lipinski definition) is 1. The van der Waals surface area contributed by atoms with Crippen LogP contribution in [0.25, 0.3) is 0 Å². The van der Waals surface area contributed by atoms with Gasteiger partial charge in [-0.25, -0.2) is 4.98 Å². The third-order valence-corrected chi connectivity index (χ3v) is 4.28. The van der Waals surface area contributed by atoms with Gasteiger partial charge < -0.3 is 19.7 Å². The second-order valence-corrected chi connectivity index (χ2v) is 6.19. The average molecular weight is 341 g/mol. The van der Waals surface area contributed by atoms with E-state index in [0.717, 1.165) is 25.9 Å². The quantitative estimate of drug-likeness (QED) is 0.906. The minimum absolute atomic E-state index is 0.204. The van der Waals surface area contributed by atoms with Gasteiger partial charge in [0.25, 0.3) is 5.91 Å². The molecule has 1 aromatic carbocycles. The number of rotatable bonds is 5. The van der Waals surface area contributed by atoms with E-state index < -0.39 is 0 Å². The van der Waals surface area contributed by atoms with Gasteiger partial charge in [0.1, 0.15) is 11.9 Å². The monoisotopic (exact) mass is 341 g/mol. The molecule has 0 spiro atoms. The molecule has 1 aliphatic rings. The molecule has 2 heterocycles. The summed E-state index contributed by atoms with van der Waals surface area (Å²) in [6.45, 7) is 2.08. The Hall–Kier alpha value is -2.60. The normalized spacial score (nSPS) is 15.6. The van der Waals surface area contributed by atoms with Crippen molar-refractivity contribution in [2.45, 2.75) is 18.9 Å². The number of carbonyl (C=O) groups is 1. The van der Waals surface area contributed by atoms with Crippen LogP contribution in [-0.2, 0) is 0 Å². The maximum atomic E-state index is 12.3. The number of amides is 1. The number of pyridine rings is 1. The number of anilines is 1. The van der Waals surface area contributed by atoms with Crippen molar-refractivity contribution in [2.24, 2.45) is 0 Å². The molecule has 25 heavy (non-hydrogen) atoms. The van der Waals surface area contributed by atoms with Crippen LogP contribution >= 0.6 is 0 Å². The minimum Gasteiger partial charge on any atom is -0.497 e. The predicted molar refractivity (Wildman–Crippen MR) is 96.3 cm³/mol. The number of methoxy groups -OCH3 is 1. The van der Waals surface area contributed by atoms with Crippen LogP contribution in [0.4, 0.5) is 5.69 Å². The lowest BCUT2D eigenvalue weighted by Crippen LogP contribution is -2.35. The van der Waals surface area contributed by atoms with Crippen LogP contribution in [-0.4, -0.2) is 49.1 Å². The molecule has 2 aromatic rings. The van der Waals surface area contributed by atoms with Crippen molar-refractivity contribution in [3.05, 3.63) is 48.2 Å². The molecule has 0 unspecified atom stereocenters. The number of nitrogens with zero attached hydrogens (tertiary/aromatic N) is 2. The van der Waals surface area contributed by atoms with Crippen molar-refractivity contribution in [3.63, 3.8) is 0 Å². The zero-order valence-corrected chi connectivity index (χ0v) is 14.6. The Bertz CT molecular complexity index is 710. The van der Waals surface area contributed by atoms with Crippen LogP contribution in [0.1, 0.15) is 23.2 Å². The van der Waals surface area contributed by atoms with Crippen molar-refractivity contribution in [3.8, 4) is 11.6 Å². The van der Waals surface area contributed by atoms with Crippen LogP contribution in [0.15, 0.2) is 42.6 Å². The fraction of sp³-hybridized carbons (Fsp3) is 0.368. The standard InChI is InChI=1S/C19H23N3O3/c1-22-10-8-16(9-11-22)25-18-7-6-15(13-20-18)21-19(23)14-4-3-5-17(12-14)24-2/h3-7,12-13,16H,8-11H2,1-2H3,(H,21,23). The first-order chi connectivity index (χ1) is 12.1. The molecule has 3 rings (SSSR count). The summed E-state index contributed by atoms with van der Waals surface area (Å²) in [5, 5.41) is 2.83. The summed E-state index contributed by atoms with van der Waals surface area (Å²) in [5.41, 5.74) is 1.16. The van der Waals surface area contributed by atoms with Crippen molar-refractivity contribution in [1.29, 1.82) is 0 Å². The molecule has 1 aliphatic heterocycles. The Labute approximate surface area is 147 Å². The van der Waals surface area contributed by atoms with Gasteiger partial charge in [0.2, 0.25) is 5.88 Å². The molecular weight excluding hydrogens is 318 g/mol. The van der Waals surface area contributed by atoms with Crippen molar-refractivity contribution < 1.29 is 14.3 Å². The molecule has 0 bridgehead atoms. The highest BCUT2D eigenvalue weighted by Gasteiger charge is 2.18. The van der Waals surface area contributed by atoms with Gasteiger partial charge in [-0.2, -0.15) is 0 Å². The van der Waals surface area contributed by atoms with E-state index in [-0.39, 0.29) is 12.0 Å². The Morgan fingerprint density at radius 1 is 1.24 bits per heavy atom. The van der Waals surface area contributed by atoms with Crippen LogP contribution in [0.5, 0.6) is 11.6 Å². The molecule has 0 radical (unpaired) electrons. The maximum absolute atomic E-state index is 12.3. The minimum atomic E-state index is -0.204. The van der Waals surface area contributed by atoms with Crippen molar-refractivity contribution in [2.75, 3.05) is 32.6 Å². The molecule has 1 N–H and O–H groups in total. The van der Waals surface area contributed by atoms with E-state index in [9.17, 15) is 4.79 Å². The van der Waals surface area contributed by atoms with E-state index in [0.29, 0.717) is 22.9 Å². The van der Waals surface area contributed by atoms with Gasteiger partial charge in [0.05, 0.1) is 19.0 Å². The second kappa shape index (κ2) is 7.98. The average Bonchev–Trinajstić information content (AvgIpc) is 2.65. The molecular formula is C19H23N3O3. The first-order valence-electron chi connectivity index (χ1n) is 8.41. The lowest BCUT2D eigenvalue weighted by Gasteiger charge is -2.28.